The van der Waals surface area contributed by atoms with Gasteiger partial charge in [0, 0.05) is 0 Å². The van der Waals surface area contributed by atoms with Crippen LogP contribution in [0.3, 0.4) is 0 Å². The molecular formula is C14H22O4S2. The average Bonchev–Trinajstić information content (AvgIpc) is 2.37. The number of hydrogen-bond acceptors (Lipinski definition) is 4. The van der Waals surface area contributed by atoms with Gasteiger partial charge in [0.05, 0.1) is 10.6 Å². The summed E-state index contributed by atoms with van der Waals surface area (Å²) in [5.74, 6) is 1.25. The summed E-state index contributed by atoms with van der Waals surface area (Å²) < 4.78 is 30.2. The second-order valence-corrected chi connectivity index (χ2v) is 10.0. The number of ketones is 1. The van der Waals surface area contributed by atoms with Crippen LogP contribution in [0.4, 0.5) is 0 Å². The van der Waals surface area contributed by atoms with E-state index < -0.39 is 20.4 Å². The molecule has 0 aliphatic carbocycles. The van der Waals surface area contributed by atoms with Crippen molar-refractivity contribution in [1.82, 2.24) is 0 Å². The summed E-state index contributed by atoms with van der Waals surface area (Å²) in [5, 5.41) is 0. The van der Waals surface area contributed by atoms with Gasteiger partial charge in [-0.1, -0.05) is 31.5 Å². The third-order valence-electron chi connectivity index (χ3n) is 3.06. The molecule has 0 aliphatic rings. The molecule has 0 aliphatic heterocycles. The van der Waals surface area contributed by atoms with Crippen LogP contribution in [0.25, 0.3) is 0 Å². The van der Waals surface area contributed by atoms with Crippen LogP contribution >= 0.6 is 10.3 Å². The molecule has 1 aromatic rings. The summed E-state index contributed by atoms with van der Waals surface area (Å²) in [6.07, 6.45) is 0. The first-order valence-electron chi connectivity index (χ1n) is 6.53. The SMILES string of the molecule is CCS(CC)(CC(C)=O)OS(=O)(=O)c1ccc(C)cc1. The highest BCUT2D eigenvalue weighted by Crippen LogP contribution is 2.50. The van der Waals surface area contributed by atoms with Crippen molar-refractivity contribution in [3.8, 4) is 0 Å². The molecule has 0 aromatic heterocycles. The van der Waals surface area contributed by atoms with Gasteiger partial charge in [-0.25, -0.2) is 3.63 Å². The second-order valence-electron chi connectivity index (χ2n) is 4.72. The Balaban J connectivity index is 3.08. The van der Waals surface area contributed by atoms with Gasteiger partial charge in [-0.2, -0.15) is 8.42 Å². The van der Waals surface area contributed by atoms with Crippen molar-refractivity contribution < 1.29 is 16.8 Å². The minimum atomic E-state index is -3.82. The number of aryl methyl sites for hydroxylation is 1. The van der Waals surface area contributed by atoms with Crippen molar-refractivity contribution in [2.45, 2.75) is 32.6 Å². The summed E-state index contributed by atoms with van der Waals surface area (Å²) in [6.45, 7) is 7.09. The first kappa shape index (κ1) is 17.2. The fourth-order valence-electron chi connectivity index (χ4n) is 1.83. The van der Waals surface area contributed by atoms with E-state index in [1.54, 1.807) is 12.1 Å². The quantitative estimate of drug-likeness (QED) is 0.775. The van der Waals surface area contributed by atoms with Gasteiger partial charge in [0.2, 0.25) is 0 Å². The van der Waals surface area contributed by atoms with Gasteiger partial charge >= 0.3 is 10.1 Å². The molecular weight excluding hydrogens is 296 g/mol. The number of benzene rings is 1. The minimum absolute atomic E-state index is 0.0391. The molecule has 4 nitrogen and oxygen atoms in total. The lowest BCUT2D eigenvalue weighted by Gasteiger charge is -2.35. The Morgan fingerprint density at radius 2 is 1.60 bits per heavy atom. The van der Waals surface area contributed by atoms with Crippen LogP contribution in [0.1, 0.15) is 26.3 Å². The molecule has 0 atom stereocenters. The second kappa shape index (κ2) is 6.74. The largest absolute Gasteiger partial charge is 0.306 e. The van der Waals surface area contributed by atoms with E-state index >= 15 is 0 Å². The van der Waals surface area contributed by atoms with Crippen LogP contribution in [0, 0.1) is 6.92 Å². The monoisotopic (exact) mass is 318 g/mol. The number of hydrogen-bond donors (Lipinski definition) is 0. The Bertz CT molecular complexity index is 557. The summed E-state index contributed by atoms with van der Waals surface area (Å²) in [4.78, 5) is 11.5. The van der Waals surface area contributed by atoms with Crippen molar-refractivity contribution in [2.75, 3.05) is 17.3 Å². The molecule has 1 rings (SSSR count). The Morgan fingerprint density at radius 1 is 1.10 bits per heavy atom. The highest BCUT2D eigenvalue weighted by Gasteiger charge is 2.30. The van der Waals surface area contributed by atoms with Crippen LogP contribution < -0.4 is 0 Å². The highest BCUT2D eigenvalue weighted by atomic mass is 32.3. The van der Waals surface area contributed by atoms with Crippen molar-refractivity contribution in [3.63, 3.8) is 0 Å². The van der Waals surface area contributed by atoms with Gasteiger partial charge in [0.25, 0.3) is 0 Å². The zero-order valence-electron chi connectivity index (χ0n) is 12.4. The normalized spacial score (nSPS) is 13.2. The molecule has 0 saturated heterocycles. The molecule has 0 N–H and O–H groups in total. The van der Waals surface area contributed by atoms with Crippen LogP contribution in [-0.4, -0.2) is 31.5 Å². The van der Waals surface area contributed by atoms with E-state index in [-0.39, 0.29) is 16.4 Å². The molecule has 0 radical (unpaired) electrons. The van der Waals surface area contributed by atoms with Gasteiger partial charge in [-0.3, -0.25) is 4.79 Å². The van der Waals surface area contributed by atoms with Crippen molar-refractivity contribution in [2.24, 2.45) is 0 Å². The van der Waals surface area contributed by atoms with Crippen LogP contribution in [-0.2, 0) is 18.5 Å². The molecule has 20 heavy (non-hydrogen) atoms. The van der Waals surface area contributed by atoms with Crippen LogP contribution in [0.15, 0.2) is 29.2 Å². The number of carbonyl (C=O) groups is 1. The van der Waals surface area contributed by atoms with Crippen LogP contribution in [0.2, 0.25) is 0 Å². The third kappa shape index (κ3) is 4.33. The van der Waals surface area contributed by atoms with Gasteiger partial charge in [0.15, 0.2) is 0 Å². The lowest BCUT2D eigenvalue weighted by molar-refractivity contribution is -0.114. The fourth-order valence-corrected chi connectivity index (χ4v) is 6.66. The summed E-state index contributed by atoms with van der Waals surface area (Å²) in [6, 6.07) is 6.54. The number of Topliss-reactive ketones (excluding diaryl/α,β-unsaturated/α-hetero) is 1. The molecule has 0 fully saturated rings. The zero-order valence-corrected chi connectivity index (χ0v) is 14.0. The summed E-state index contributed by atoms with van der Waals surface area (Å²) in [5.41, 5.74) is 0.984. The maximum atomic E-state index is 12.3. The predicted octanol–water partition coefficient (Wildman–Crippen LogP) is 3.05. The average molecular weight is 318 g/mol. The molecule has 0 heterocycles. The molecule has 0 saturated carbocycles. The Hall–Kier alpha value is -0.850. The van der Waals surface area contributed by atoms with E-state index in [1.807, 2.05) is 20.8 Å². The van der Waals surface area contributed by atoms with Crippen molar-refractivity contribution >= 4 is 26.2 Å². The summed E-state index contributed by atoms with van der Waals surface area (Å²) >= 11 is 0. The van der Waals surface area contributed by atoms with Gasteiger partial charge in [-0.05, 0) is 37.5 Å². The Labute approximate surface area is 123 Å². The van der Waals surface area contributed by atoms with Crippen molar-refractivity contribution in [1.29, 1.82) is 0 Å². The van der Waals surface area contributed by atoms with E-state index in [2.05, 4.69) is 0 Å². The standard InChI is InChI=1S/C14H22O4S2/c1-5-19(6-2,11-13(4)15)18-20(16,17)14-9-7-12(3)8-10-14/h7-10H,5-6,11H2,1-4H3. The van der Waals surface area contributed by atoms with E-state index in [0.29, 0.717) is 11.5 Å². The fraction of sp³-hybridized carbons (Fsp3) is 0.500. The number of carbonyl (C=O) groups excluding carboxylic acids is 1. The molecule has 114 valence electrons. The molecule has 0 unspecified atom stereocenters. The van der Waals surface area contributed by atoms with E-state index in [4.69, 9.17) is 3.63 Å². The minimum Gasteiger partial charge on any atom is -0.299 e. The summed E-state index contributed by atoms with van der Waals surface area (Å²) in [7, 11) is -5.74. The first-order valence-corrected chi connectivity index (χ1v) is 10.0. The predicted molar refractivity (Wildman–Crippen MR) is 83.7 cm³/mol. The lowest BCUT2D eigenvalue weighted by atomic mass is 10.2. The van der Waals surface area contributed by atoms with Gasteiger partial charge in [-0.15, -0.1) is 10.3 Å². The third-order valence-corrected chi connectivity index (χ3v) is 8.82. The molecule has 0 bridgehead atoms. The van der Waals surface area contributed by atoms with Gasteiger partial charge < -0.3 is 0 Å². The van der Waals surface area contributed by atoms with E-state index in [1.165, 1.54) is 19.1 Å². The van der Waals surface area contributed by atoms with E-state index in [0.717, 1.165) is 5.56 Å². The highest BCUT2D eigenvalue weighted by molar-refractivity contribution is 8.33. The number of rotatable bonds is 7. The van der Waals surface area contributed by atoms with E-state index in [9.17, 15) is 13.2 Å². The molecule has 1 aromatic carbocycles. The smallest absolute Gasteiger partial charge is 0.299 e. The zero-order chi connectivity index (χ0) is 15.4. The maximum absolute atomic E-state index is 12.3. The molecule has 0 amide bonds. The Morgan fingerprint density at radius 3 is 2.00 bits per heavy atom. The van der Waals surface area contributed by atoms with Gasteiger partial charge in [0.1, 0.15) is 5.78 Å². The lowest BCUT2D eigenvalue weighted by Crippen LogP contribution is -2.22. The van der Waals surface area contributed by atoms with Crippen molar-refractivity contribution in [3.05, 3.63) is 29.8 Å². The molecule has 6 heteroatoms. The topological polar surface area (TPSA) is 60.4 Å². The first-order chi connectivity index (χ1) is 9.24. The van der Waals surface area contributed by atoms with Crippen LogP contribution in [0.5, 0.6) is 0 Å². The molecule has 0 spiro atoms. The Kier molecular flexibility index (Phi) is 5.79. The maximum Gasteiger partial charge on any atom is 0.306 e.